The second-order valence-corrected chi connectivity index (χ2v) is 5.34. The van der Waals surface area contributed by atoms with Crippen LogP contribution < -0.4 is 15.8 Å². The van der Waals surface area contributed by atoms with Crippen LogP contribution in [0, 0.1) is 11.7 Å². The Kier molecular flexibility index (Phi) is 4.51. The van der Waals surface area contributed by atoms with E-state index in [1.165, 1.54) is 32.4 Å². The van der Waals surface area contributed by atoms with E-state index in [1.807, 2.05) is 0 Å². The Balaban J connectivity index is 2.03. The van der Waals surface area contributed by atoms with Crippen LogP contribution >= 0.6 is 0 Å². The monoisotopic (exact) mass is 266 g/mol. The predicted octanol–water partition coefficient (Wildman–Crippen LogP) is 3.80. The molecule has 1 saturated carbocycles. The van der Waals surface area contributed by atoms with Crippen LogP contribution in [0.25, 0.3) is 0 Å². The van der Waals surface area contributed by atoms with Gasteiger partial charge in [0.25, 0.3) is 0 Å². The number of anilines is 2. The summed E-state index contributed by atoms with van der Waals surface area (Å²) in [7, 11) is 1.46. The Hall–Kier alpha value is -1.45. The van der Waals surface area contributed by atoms with Gasteiger partial charge >= 0.3 is 0 Å². The molecule has 0 aliphatic heterocycles. The molecule has 3 N–H and O–H groups in total. The molecule has 0 saturated heterocycles. The van der Waals surface area contributed by atoms with Crippen LogP contribution in [-0.2, 0) is 0 Å². The minimum absolute atomic E-state index is 0.235. The number of ether oxygens (including phenoxy) is 1. The molecule has 1 aliphatic rings. The second kappa shape index (κ2) is 6.13. The Morgan fingerprint density at radius 1 is 1.32 bits per heavy atom. The first-order valence-corrected chi connectivity index (χ1v) is 7.03. The number of hydrogen-bond acceptors (Lipinski definition) is 3. The fourth-order valence-electron chi connectivity index (χ4n) is 2.79. The molecule has 0 aromatic heterocycles. The van der Waals surface area contributed by atoms with Gasteiger partial charge in [0.05, 0.1) is 18.5 Å². The SMILES string of the molecule is CCC1CCC(Nc2cc(OC)c(F)cc2N)CC1. The second-order valence-electron chi connectivity index (χ2n) is 5.34. The third kappa shape index (κ3) is 3.31. The van der Waals surface area contributed by atoms with Crippen molar-refractivity contribution in [1.82, 2.24) is 0 Å². The van der Waals surface area contributed by atoms with E-state index in [1.54, 1.807) is 6.07 Å². The number of benzene rings is 1. The molecule has 106 valence electrons. The Morgan fingerprint density at radius 3 is 2.58 bits per heavy atom. The van der Waals surface area contributed by atoms with Crippen LogP contribution in [0.15, 0.2) is 12.1 Å². The van der Waals surface area contributed by atoms with Crippen LogP contribution in [-0.4, -0.2) is 13.2 Å². The zero-order valence-corrected chi connectivity index (χ0v) is 11.7. The zero-order chi connectivity index (χ0) is 13.8. The number of rotatable bonds is 4. The van der Waals surface area contributed by atoms with Gasteiger partial charge in [0, 0.05) is 18.2 Å². The zero-order valence-electron chi connectivity index (χ0n) is 11.7. The number of hydrogen-bond donors (Lipinski definition) is 2. The van der Waals surface area contributed by atoms with Gasteiger partial charge in [-0.05, 0) is 31.6 Å². The molecule has 0 spiro atoms. The molecule has 0 heterocycles. The first-order valence-electron chi connectivity index (χ1n) is 7.03. The maximum absolute atomic E-state index is 13.5. The van der Waals surface area contributed by atoms with Crippen molar-refractivity contribution in [3.63, 3.8) is 0 Å². The number of halogens is 1. The fraction of sp³-hybridized carbons (Fsp3) is 0.600. The van der Waals surface area contributed by atoms with Crippen molar-refractivity contribution < 1.29 is 9.13 Å². The third-order valence-corrected chi connectivity index (χ3v) is 4.11. The highest BCUT2D eigenvalue weighted by atomic mass is 19.1. The van der Waals surface area contributed by atoms with E-state index in [9.17, 15) is 4.39 Å². The fourth-order valence-corrected chi connectivity index (χ4v) is 2.79. The molecular formula is C15H23FN2O. The van der Waals surface area contributed by atoms with E-state index in [2.05, 4.69) is 12.2 Å². The minimum atomic E-state index is -0.416. The summed E-state index contributed by atoms with van der Waals surface area (Å²) in [5, 5.41) is 3.42. The molecule has 0 amide bonds. The summed E-state index contributed by atoms with van der Waals surface area (Å²) >= 11 is 0. The lowest BCUT2D eigenvalue weighted by molar-refractivity contribution is 0.330. The van der Waals surface area contributed by atoms with E-state index >= 15 is 0 Å². The van der Waals surface area contributed by atoms with Crippen LogP contribution in [0.3, 0.4) is 0 Å². The number of methoxy groups -OCH3 is 1. The lowest BCUT2D eigenvalue weighted by atomic mass is 9.84. The van der Waals surface area contributed by atoms with Gasteiger partial charge in [0.1, 0.15) is 0 Å². The number of nitrogens with one attached hydrogen (secondary N) is 1. The normalized spacial score (nSPS) is 23.1. The van der Waals surface area contributed by atoms with Gasteiger partial charge in [-0.25, -0.2) is 4.39 Å². The van der Waals surface area contributed by atoms with Crippen LogP contribution in [0.1, 0.15) is 39.0 Å². The molecule has 1 fully saturated rings. The van der Waals surface area contributed by atoms with Crippen molar-refractivity contribution >= 4 is 11.4 Å². The molecule has 0 bridgehead atoms. The van der Waals surface area contributed by atoms with Crippen molar-refractivity contribution in [2.75, 3.05) is 18.2 Å². The molecule has 0 radical (unpaired) electrons. The van der Waals surface area contributed by atoms with E-state index in [4.69, 9.17) is 10.5 Å². The smallest absolute Gasteiger partial charge is 0.167 e. The summed E-state index contributed by atoms with van der Waals surface area (Å²) in [5.74, 6) is 0.678. The molecule has 2 rings (SSSR count). The van der Waals surface area contributed by atoms with Gasteiger partial charge in [-0.1, -0.05) is 13.3 Å². The minimum Gasteiger partial charge on any atom is -0.494 e. The lowest BCUT2D eigenvalue weighted by Gasteiger charge is -2.29. The maximum atomic E-state index is 13.5. The van der Waals surface area contributed by atoms with Crippen LogP contribution in [0.4, 0.5) is 15.8 Å². The average Bonchev–Trinajstić information content (AvgIpc) is 2.42. The standard InChI is InChI=1S/C15H23FN2O/c1-3-10-4-6-11(7-5-10)18-14-9-15(19-2)12(16)8-13(14)17/h8-11,18H,3-7,17H2,1-2H3. The molecule has 0 atom stereocenters. The van der Waals surface area contributed by atoms with E-state index < -0.39 is 5.82 Å². The average molecular weight is 266 g/mol. The van der Waals surface area contributed by atoms with E-state index in [-0.39, 0.29) is 5.75 Å². The topological polar surface area (TPSA) is 47.3 Å². The molecule has 1 aliphatic carbocycles. The van der Waals surface area contributed by atoms with Gasteiger partial charge in [-0.2, -0.15) is 0 Å². The van der Waals surface area contributed by atoms with Gasteiger partial charge in [0.15, 0.2) is 11.6 Å². The summed E-state index contributed by atoms with van der Waals surface area (Å²) in [6.45, 7) is 2.25. The summed E-state index contributed by atoms with van der Waals surface area (Å²) in [6.07, 6.45) is 6.08. The highest BCUT2D eigenvalue weighted by Crippen LogP contribution is 2.32. The highest BCUT2D eigenvalue weighted by molar-refractivity contribution is 5.69. The van der Waals surface area contributed by atoms with Crippen molar-refractivity contribution in [2.24, 2.45) is 5.92 Å². The highest BCUT2D eigenvalue weighted by Gasteiger charge is 2.20. The van der Waals surface area contributed by atoms with Gasteiger partial charge in [0.2, 0.25) is 0 Å². The predicted molar refractivity (Wildman–Crippen MR) is 77.0 cm³/mol. The van der Waals surface area contributed by atoms with Crippen molar-refractivity contribution in [2.45, 2.75) is 45.1 Å². The van der Waals surface area contributed by atoms with Crippen molar-refractivity contribution in [3.05, 3.63) is 17.9 Å². The maximum Gasteiger partial charge on any atom is 0.167 e. The number of nitrogen functional groups attached to an aromatic ring is 1. The van der Waals surface area contributed by atoms with E-state index in [0.29, 0.717) is 11.7 Å². The molecule has 1 aromatic rings. The summed E-state index contributed by atoms with van der Waals surface area (Å²) in [4.78, 5) is 0. The molecule has 0 unspecified atom stereocenters. The largest absolute Gasteiger partial charge is 0.494 e. The first-order chi connectivity index (χ1) is 9.13. The quantitative estimate of drug-likeness (QED) is 0.815. The summed E-state index contributed by atoms with van der Waals surface area (Å²) in [6, 6.07) is 3.40. The summed E-state index contributed by atoms with van der Waals surface area (Å²) < 4.78 is 18.5. The Morgan fingerprint density at radius 2 is 2.00 bits per heavy atom. The summed E-state index contributed by atoms with van der Waals surface area (Å²) in [5.41, 5.74) is 7.07. The molecule has 1 aromatic carbocycles. The van der Waals surface area contributed by atoms with Gasteiger partial charge in [-0.15, -0.1) is 0 Å². The van der Waals surface area contributed by atoms with Crippen molar-refractivity contribution in [3.8, 4) is 5.75 Å². The Labute approximate surface area is 114 Å². The lowest BCUT2D eigenvalue weighted by Crippen LogP contribution is -2.26. The van der Waals surface area contributed by atoms with Gasteiger partial charge < -0.3 is 15.8 Å². The van der Waals surface area contributed by atoms with Crippen molar-refractivity contribution in [1.29, 1.82) is 0 Å². The van der Waals surface area contributed by atoms with Gasteiger partial charge in [-0.3, -0.25) is 0 Å². The molecule has 3 nitrogen and oxygen atoms in total. The number of nitrogens with two attached hydrogens (primary N) is 1. The first kappa shape index (κ1) is 14.0. The van der Waals surface area contributed by atoms with E-state index in [0.717, 1.165) is 24.4 Å². The molecule has 19 heavy (non-hydrogen) atoms. The molecule has 4 heteroatoms. The van der Waals surface area contributed by atoms with Crippen LogP contribution in [0.5, 0.6) is 5.75 Å². The Bertz CT molecular complexity index is 428. The third-order valence-electron chi connectivity index (χ3n) is 4.11. The van der Waals surface area contributed by atoms with Crippen LogP contribution in [0.2, 0.25) is 0 Å². The molecular weight excluding hydrogens is 243 g/mol.